The van der Waals surface area contributed by atoms with Gasteiger partial charge in [-0.05, 0) is 18.3 Å². The zero-order valence-corrected chi connectivity index (χ0v) is 14.2. The Bertz CT molecular complexity index is 516. The molecule has 1 aromatic rings. The minimum absolute atomic E-state index is 0.259. The zero-order chi connectivity index (χ0) is 16.4. The van der Waals surface area contributed by atoms with Crippen molar-refractivity contribution in [2.75, 3.05) is 18.0 Å². The Morgan fingerprint density at radius 1 is 1.23 bits per heavy atom. The third-order valence-electron chi connectivity index (χ3n) is 4.19. The first-order valence-corrected chi connectivity index (χ1v) is 8.14. The zero-order valence-electron chi connectivity index (χ0n) is 14.2. The Morgan fingerprint density at radius 2 is 1.91 bits per heavy atom. The van der Waals surface area contributed by atoms with Crippen LogP contribution in [0.5, 0.6) is 0 Å². The summed E-state index contributed by atoms with van der Waals surface area (Å²) in [5.74, 6) is 1.63. The second-order valence-electron chi connectivity index (χ2n) is 7.10. The van der Waals surface area contributed by atoms with Gasteiger partial charge < -0.3 is 10.0 Å². The molecule has 22 heavy (non-hydrogen) atoms. The molecular weight excluding hydrogens is 278 g/mol. The average molecular weight is 305 g/mol. The van der Waals surface area contributed by atoms with Gasteiger partial charge in [-0.3, -0.25) is 4.79 Å². The number of hydrogen-bond acceptors (Lipinski definition) is 4. The second-order valence-corrected chi connectivity index (χ2v) is 7.10. The van der Waals surface area contributed by atoms with Crippen molar-refractivity contribution in [3.8, 4) is 0 Å². The smallest absolute Gasteiger partial charge is 0.308 e. The summed E-state index contributed by atoms with van der Waals surface area (Å²) in [5.41, 5.74) is 1.03. The topological polar surface area (TPSA) is 66.3 Å². The molecule has 1 N–H and O–H groups in total. The van der Waals surface area contributed by atoms with E-state index in [0.29, 0.717) is 18.4 Å². The first-order valence-electron chi connectivity index (χ1n) is 8.14. The number of aliphatic carboxylic acids is 1. The third-order valence-corrected chi connectivity index (χ3v) is 4.19. The molecule has 2 rings (SSSR count). The molecule has 1 saturated heterocycles. The van der Waals surface area contributed by atoms with Crippen molar-refractivity contribution in [2.45, 2.75) is 52.9 Å². The predicted molar refractivity (Wildman–Crippen MR) is 87.3 cm³/mol. The molecule has 2 atom stereocenters. The van der Waals surface area contributed by atoms with E-state index < -0.39 is 5.97 Å². The fraction of sp³-hybridized carbons (Fsp3) is 0.706. The molecule has 0 bridgehead atoms. The van der Waals surface area contributed by atoms with E-state index in [4.69, 9.17) is 0 Å². The summed E-state index contributed by atoms with van der Waals surface area (Å²) < 4.78 is 0. The molecular formula is C17H27N3O2. The van der Waals surface area contributed by atoms with E-state index in [2.05, 4.69) is 49.5 Å². The second kappa shape index (κ2) is 6.63. The molecule has 1 fully saturated rings. The van der Waals surface area contributed by atoms with Crippen LogP contribution in [0.2, 0.25) is 0 Å². The molecule has 0 aliphatic carbocycles. The van der Waals surface area contributed by atoms with E-state index in [1.807, 2.05) is 6.07 Å². The summed E-state index contributed by atoms with van der Waals surface area (Å²) in [7, 11) is 0. The Balaban J connectivity index is 2.35. The van der Waals surface area contributed by atoms with Gasteiger partial charge >= 0.3 is 5.97 Å². The Morgan fingerprint density at radius 3 is 2.45 bits per heavy atom. The summed E-state index contributed by atoms with van der Waals surface area (Å²) in [4.78, 5) is 22.8. The monoisotopic (exact) mass is 305 g/mol. The third kappa shape index (κ3) is 3.76. The predicted octanol–water partition coefficient (Wildman–Crippen LogP) is 3.27. The highest BCUT2D eigenvalue weighted by Gasteiger charge is 2.30. The van der Waals surface area contributed by atoms with Crippen LogP contribution in [0.15, 0.2) is 6.07 Å². The molecule has 1 aliphatic rings. The van der Waals surface area contributed by atoms with Crippen molar-refractivity contribution in [1.29, 1.82) is 0 Å². The van der Waals surface area contributed by atoms with Gasteiger partial charge in [0.25, 0.3) is 0 Å². The van der Waals surface area contributed by atoms with Crippen LogP contribution in [0, 0.1) is 11.8 Å². The molecule has 0 saturated carbocycles. The van der Waals surface area contributed by atoms with Crippen molar-refractivity contribution in [1.82, 2.24) is 9.97 Å². The van der Waals surface area contributed by atoms with Gasteiger partial charge in [-0.15, -0.1) is 0 Å². The van der Waals surface area contributed by atoms with E-state index in [1.54, 1.807) is 0 Å². The molecule has 1 aromatic heterocycles. The standard InChI is InChI=1S/C17H27N3O2/c1-10(2)14-7-15(19-16(18-14)11(3)4)20-8-12(5)6-13(9-20)17(21)22/h7,10-13H,6,8-9H2,1-5H3,(H,21,22). The maximum Gasteiger partial charge on any atom is 0.308 e. The van der Waals surface area contributed by atoms with Gasteiger partial charge in [0, 0.05) is 30.8 Å². The highest BCUT2D eigenvalue weighted by atomic mass is 16.4. The van der Waals surface area contributed by atoms with E-state index in [1.165, 1.54) is 0 Å². The summed E-state index contributed by atoms with van der Waals surface area (Å²) in [6, 6.07) is 2.02. The lowest BCUT2D eigenvalue weighted by molar-refractivity contribution is -0.142. The lowest BCUT2D eigenvalue weighted by Crippen LogP contribution is -2.43. The van der Waals surface area contributed by atoms with Crippen molar-refractivity contribution >= 4 is 11.8 Å². The SMILES string of the molecule is CC1CC(C(=O)O)CN(c2cc(C(C)C)nc(C(C)C)n2)C1. The highest BCUT2D eigenvalue weighted by molar-refractivity contribution is 5.71. The van der Waals surface area contributed by atoms with Gasteiger partial charge in [0.2, 0.25) is 0 Å². The molecule has 2 unspecified atom stereocenters. The molecule has 0 amide bonds. The van der Waals surface area contributed by atoms with Crippen molar-refractivity contribution in [2.24, 2.45) is 11.8 Å². The van der Waals surface area contributed by atoms with Crippen LogP contribution in [0.3, 0.4) is 0 Å². The number of carboxylic acid groups (broad SMARTS) is 1. The maximum atomic E-state index is 11.4. The number of hydrogen-bond donors (Lipinski definition) is 1. The first kappa shape index (κ1) is 16.7. The Kier molecular flexibility index (Phi) is 5.04. The highest BCUT2D eigenvalue weighted by Crippen LogP contribution is 2.28. The van der Waals surface area contributed by atoms with Gasteiger partial charge in [-0.2, -0.15) is 0 Å². The maximum absolute atomic E-state index is 11.4. The normalized spacial score (nSPS) is 22.4. The van der Waals surface area contributed by atoms with Crippen molar-refractivity contribution < 1.29 is 9.90 Å². The molecule has 2 heterocycles. The number of anilines is 1. The number of rotatable bonds is 4. The summed E-state index contributed by atoms with van der Waals surface area (Å²) in [5, 5.41) is 9.35. The minimum atomic E-state index is -0.709. The summed E-state index contributed by atoms with van der Waals surface area (Å²) >= 11 is 0. The average Bonchev–Trinajstić information content (AvgIpc) is 2.45. The van der Waals surface area contributed by atoms with Gasteiger partial charge in [-0.1, -0.05) is 34.6 Å². The van der Waals surface area contributed by atoms with Gasteiger partial charge in [0.15, 0.2) is 0 Å². The van der Waals surface area contributed by atoms with Crippen molar-refractivity contribution in [3.63, 3.8) is 0 Å². The van der Waals surface area contributed by atoms with E-state index in [-0.39, 0.29) is 11.8 Å². The molecule has 122 valence electrons. The molecule has 0 aromatic carbocycles. The van der Waals surface area contributed by atoms with E-state index >= 15 is 0 Å². The van der Waals surface area contributed by atoms with Crippen LogP contribution in [-0.4, -0.2) is 34.1 Å². The largest absolute Gasteiger partial charge is 0.481 e. The van der Waals surface area contributed by atoms with Crippen molar-refractivity contribution in [3.05, 3.63) is 17.6 Å². The molecule has 0 spiro atoms. The van der Waals surface area contributed by atoms with Gasteiger partial charge in [0.1, 0.15) is 11.6 Å². The molecule has 0 radical (unpaired) electrons. The quantitative estimate of drug-likeness (QED) is 0.924. The van der Waals surface area contributed by atoms with Crippen LogP contribution in [0.25, 0.3) is 0 Å². The minimum Gasteiger partial charge on any atom is -0.481 e. The lowest BCUT2D eigenvalue weighted by atomic mass is 9.90. The summed E-state index contributed by atoms with van der Waals surface area (Å²) in [6.07, 6.45) is 0.741. The lowest BCUT2D eigenvalue weighted by Gasteiger charge is -2.36. The fourth-order valence-electron chi connectivity index (χ4n) is 2.90. The van der Waals surface area contributed by atoms with Gasteiger partial charge in [-0.25, -0.2) is 9.97 Å². The first-order chi connectivity index (χ1) is 10.3. The Hall–Kier alpha value is -1.65. The number of carbonyl (C=O) groups is 1. The van der Waals surface area contributed by atoms with Crippen LogP contribution < -0.4 is 4.90 Å². The van der Waals surface area contributed by atoms with E-state index in [0.717, 1.165) is 30.3 Å². The fourth-order valence-corrected chi connectivity index (χ4v) is 2.90. The number of nitrogens with zero attached hydrogens (tertiary/aromatic N) is 3. The van der Waals surface area contributed by atoms with E-state index in [9.17, 15) is 9.90 Å². The van der Waals surface area contributed by atoms with Gasteiger partial charge in [0.05, 0.1) is 5.92 Å². The molecule has 5 nitrogen and oxygen atoms in total. The molecule has 1 aliphatic heterocycles. The van der Waals surface area contributed by atoms with Crippen LogP contribution in [0.4, 0.5) is 5.82 Å². The number of aromatic nitrogens is 2. The Labute approximate surface area is 132 Å². The summed E-state index contributed by atoms with van der Waals surface area (Å²) in [6.45, 7) is 11.9. The van der Waals surface area contributed by atoms with Crippen LogP contribution >= 0.6 is 0 Å². The van der Waals surface area contributed by atoms with Crippen LogP contribution in [0.1, 0.15) is 64.4 Å². The molecule has 5 heteroatoms. The van der Waals surface area contributed by atoms with Crippen LogP contribution in [-0.2, 0) is 4.79 Å². The number of piperidine rings is 1. The number of carboxylic acids is 1.